The van der Waals surface area contributed by atoms with E-state index in [2.05, 4.69) is 5.32 Å². The number of nitrogens with zero attached hydrogens (tertiary/aromatic N) is 1. The third kappa shape index (κ3) is 3.35. The minimum atomic E-state index is -0.983. The highest BCUT2D eigenvalue weighted by atomic mass is 16.4. The predicted octanol–water partition coefficient (Wildman–Crippen LogP) is 2.65. The highest BCUT2D eigenvalue weighted by Crippen LogP contribution is 2.26. The molecule has 1 aliphatic heterocycles. The quantitative estimate of drug-likeness (QED) is 0.895. The van der Waals surface area contributed by atoms with Gasteiger partial charge in [-0.3, -0.25) is 4.90 Å². The Morgan fingerprint density at radius 2 is 2.10 bits per heavy atom. The van der Waals surface area contributed by atoms with Crippen molar-refractivity contribution in [3.63, 3.8) is 0 Å². The maximum absolute atomic E-state index is 12.4. The number of anilines is 1. The van der Waals surface area contributed by atoms with E-state index in [1.807, 2.05) is 38.1 Å². The van der Waals surface area contributed by atoms with Gasteiger partial charge in [-0.1, -0.05) is 38.5 Å². The Morgan fingerprint density at radius 1 is 1.38 bits per heavy atom. The summed E-state index contributed by atoms with van der Waals surface area (Å²) in [6, 6.07) is 6.60. The number of carbonyl (C=O) groups is 2. The van der Waals surface area contributed by atoms with E-state index in [9.17, 15) is 14.7 Å². The second-order valence-corrected chi connectivity index (χ2v) is 5.53. The number of hydrogen-bond acceptors (Lipinski definition) is 2. The van der Waals surface area contributed by atoms with Crippen molar-refractivity contribution >= 4 is 17.7 Å². The molecule has 114 valence electrons. The van der Waals surface area contributed by atoms with Gasteiger partial charge in [-0.25, -0.2) is 9.59 Å². The summed E-state index contributed by atoms with van der Waals surface area (Å²) in [5.41, 5.74) is 2.02. The van der Waals surface area contributed by atoms with E-state index < -0.39 is 12.0 Å². The first-order valence-corrected chi connectivity index (χ1v) is 7.43. The Hall–Kier alpha value is -2.04. The van der Waals surface area contributed by atoms with Crippen molar-refractivity contribution in [2.45, 2.75) is 39.2 Å². The van der Waals surface area contributed by atoms with E-state index in [0.29, 0.717) is 13.0 Å². The molecule has 2 amide bonds. The van der Waals surface area contributed by atoms with Crippen LogP contribution in [0, 0.1) is 5.92 Å². The van der Waals surface area contributed by atoms with Crippen LogP contribution in [0.25, 0.3) is 0 Å². The molecule has 0 spiro atoms. The number of carboxylic acid groups (broad SMARTS) is 1. The van der Waals surface area contributed by atoms with Crippen LogP contribution in [0.3, 0.4) is 0 Å². The molecule has 5 nitrogen and oxygen atoms in total. The number of rotatable bonds is 4. The molecule has 0 saturated carbocycles. The zero-order chi connectivity index (χ0) is 15.4. The Labute approximate surface area is 125 Å². The molecule has 1 aliphatic rings. The Kier molecular flexibility index (Phi) is 4.83. The lowest BCUT2D eigenvalue weighted by Gasteiger charge is -2.31. The summed E-state index contributed by atoms with van der Waals surface area (Å²) < 4.78 is 0. The molecule has 0 fully saturated rings. The van der Waals surface area contributed by atoms with Crippen LogP contribution >= 0.6 is 0 Å². The molecule has 0 aliphatic carbocycles. The van der Waals surface area contributed by atoms with Crippen LogP contribution in [0.15, 0.2) is 24.3 Å². The minimum Gasteiger partial charge on any atom is -0.480 e. The summed E-state index contributed by atoms with van der Waals surface area (Å²) >= 11 is 0. The second-order valence-electron chi connectivity index (χ2n) is 5.53. The average Bonchev–Trinajstić information content (AvgIpc) is 2.50. The van der Waals surface area contributed by atoms with E-state index in [4.69, 9.17) is 0 Å². The summed E-state index contributed by atoms with van der Waals surface area (Å²) in [5.74, 6) is -1.09. The second kappa shape index (κ2) is 6.61. The smallest absolute Gasteiger partial charge is 0.326 e. The zero-order valence-electron chi connectivity index (χ0n) is 12.5. The Balaban J connectivity index is 2.15. The Bertz CT molecular complexity index is 530. The molecule has 0 saturated heterocycles. The molecule has 1 aromatic rings. The predicted molar refractivity (Wildman–Crippen MR) is 81.5 cm³/mol. The molecule has 0 unspecified atom stereocenters. The maximum Gasteiger partial charge on any atom is 0.326 e. The molecular formula is C16H22N2O3. The van der Waals surface area contributed by atoms with Crippen molar-refractivity contribution in [2.24, 2.45) is 5.92 Å². The lowest BCUT2D eigenvalue weighted by atomic mass is 9.99. The molecule has 0 radical (unpaired) electrons. The SMILES string of the molecule is CC[C@H](C)[C@H](NC(=O)N1CCCc2ccccc21)C(=O)O. The first-order valence-electron chi connectivity index (χ1n) is 7.43. The molecule has 1 aromatic carbocycles. The molecule has 2 N–H and O–H groups in total. The van der Waals surface area contributed by atoms with Gasteiger partial charge < -0.3 is 10.4 Å². The van der Waals surface area contributed by atoms with E-state index >= 15 is 0 Å². The van der Waals surface area contributed by atoms with E-state index in [1.54, 1.807) is 4.90 Å². The molecule has 2 rings (SSSR count). The van der Waals surface area contributed by atoms with Gasteiger partial charge in [0.05, 0.1) is 0 Å². The zero-order valence-corrected chi connectivity index (χ0v) is 12.5. The van der Waals surface area contributed by atoms with Crippen molar-refractivity contribution < 1.29 is 14.7 Å². The van der Waals surface area contributed by atoms with Crippen LogP contribution in [0.2, 0.25) is 0 Å². The summed E-state index contributed by atoms with van der Waals surface area (Å²) in [6.45, 7) is 4.38. The number of aliphatic carboxylic acids is 1. The molecular weight excluding hydrogens is 268 g/mol. The number of aryl methyl sites for hydroxylation is 1. The van der Waals surface area contributed by atoms with Crippen LogP contribution in [0.1, 0.15) is 32.3 Å². The molecule has 5 heteroatoms. The number of para-hydroxylation sites is 1. The van der Waals surface area contributed by atoms with E-state index in [-0.39, 0.29) is 11.9 Å². The third-order valence-corrected chi connectivity index (χ3v) is 4.11. The summed E-state index contributed by atoms with van der Waals surface area (Å²) in [7, 11) is 0. The van der Waals surface area contributed by atoms with Crippen molar-refractivity contribution in [3.8, 4) is 0 Å². The number of amides is 2. The van der Waals surface area contributed by atoms with Gasteiger partial charge in [0, 0.05) is 12.2 Å². The van der Waals surface area contributed by atoms with Crippen molar-refractivity contribution in [1.29, 1.82) is 0 Å². The summed E-state index contributed by atoms with van der Waals surface area (Å²) in [5, 5.41) is 11.9. The van der Waals surface area contributed by atoms with Gasteiger partial charge in [0.2, 0.25) is 0 Å². The lowest BCUT2D eigenvalue weighted by Crippen LogP contribution is -2.51. The van der Waals surface area contributed by atoms with E-state index in [0.717, 1.165) is 24.1 Å². The van der Waals surface area contributed by atoms with Gasteiger partial charge >= 0.3 is 12.0 Å². The number of carbonyl (C=O) groups excluding carboxylic acids is 1. The van der Waals surface area contributed by atoms with Crippen molar-refractivity contribution in [1.82, 2.24) is 5.32 Å². The lowest BCUT2D eigenvalue weighted by molar-refractivity contribution is -0.140. The number of carboxylic acids is 1. The number of nitrogens with one attached hydrogen (secondary N) is 1. The van der Waals surface area contributed by atoms with E-state index in [1.165, 1.54) is 0 Å². The molecule has 2 atom stereocenters. The van der Waals surface area contributed by atoms with Gasteiger partial charge in [-0.2, -0.15) is 0 Å². The normalized spacial score (nSPS) is 16.8. The highest BCUT2D eigenvalue weighted by Gasteiger charge is 2.29. The first kappa shape index (κ1) is 15.4. The fourth-order valence-electron chi connectivity index (χ4n) is 2.64. The van der Waals surface area contributed by atoms with Crippen LogP contribution < -0.4 is 10.2 Å². The fraction of sp³-hybridized carbons (Fsp3) is 0.500. The fourth-order valence-corrected chi connectivity index (χ4v) is 2.64. The summed E-state index contributed by atoms with van der Waals surface area (Å²) in [4.78, 5) is 25.4. The van der Waals surface area contributed by atoms with Gasteiger partial charge in [-0.05, 0) is 30.4 Å². The van der Waals surface area contributed by atoms with Crippen molar-refractivity contribution in [3.05, 3.63) is 29.8 Å². The number of hydrogen-bond donors (Lipinski definition) is 2. The maximum atomic E-state index is 12.4. The minimum absolute atomic E-state index is 0.105. The van der Waals surface area contributed by atoms with Crippen LogP contribution in [0.4, 0.5) is 10.5 Å². The standard InChI is InChI=1S/C16H22N2O3/c1-3-11(2)14(15(19)20)17-16(21)18-10-6-8-12-7-4-5-9-13(12)18/h4-5,7,9,11,14H,3,6,8,10H2,1-2H3,(H,17,21)(H,19,20)/t11-,14-/m0/s1. The molecule has 1 heterocycles. The topological polar surface area (TPSA) is 69.6 Å². The number of fused-ring (bicyclic) bond motifs is 1. The number of benzene rings is 1. The first-order chi connectivity index (χ1) is 10.0. The van der Waals surface area contributed by atoms with Crippen molar-refractivity contribution in [2.75, 3.05) is 11.4 Å². The molecule has 21 heavy (non-hydrogen) atoms. The Morgan fingerprint density at radius 3 is 2.76 bits per heavy atom. The third-order valence-electron chi connectivity index (χ3n) is 4.11. The van der Waals surface area contributed by atoms with Gasteiger partial charge in [-0.15, -0.1) is 0 Å². The van der Waals surface area contributed by atoms with Gasteiger partial charge in [0.15, 0.2) is 0 Å². The summed E-state index contributed by atoms with van der Waals surface area (Å²) in [6.07, 6.45) is 2.55. The number of urea groups is 1. The van der Waals surface area contributed by atoms with Crippen LogP contribution in [0.5, 0.6) is 0 Å². The van der Waals surface area contributed by atoms with Crippen LogP contribution in [-0.2, 0) is 11.2 Å². The average molecular weight is 290 g/mol. The molecule has 0 aromatic heterocycles. The van der Waals surface area contributed by atoms with Crippen LogP contribution in [-0.4, -0.2) is 29.7 Å². The molecule has 0 bridgehead atoms. The van der Waals surface area contributed by atoms with Gasteiger partial charge in [0.1, 0.15) is 6.04 Å². The van der Waals surface area contributed by atoms with Gasteiger partial charge in [0.25, 0.3) is 0 Å². The monoisotopic (exact) mass is 290 g/mol. The largest absolute Gasteiger partial charge is 0.480 e. The highest BCUT2D eigenvalue weighted by molar-refractivity contribution is 5.95.